The van der Waals surface area contributed by atoms with E-state index >= 15 is 0 Å². The lowest BCUT2D eigenvalue weighted by Gasteiger charge is -2.05. The van der Waals surface area contributed by atoms with E-state index in [2.05, 4.69) is 15.5 Å². The molecule has 0 bridgehead atoms. The van der Waals surface area contributed by atoms with Gasteiger partial charge in [0.05, 0.1) is 11.6 Å². The van der Waals surface area contributed by atoms with Gasteiger partial charge in [-0.25, -0.2) is 8.78 Å². The number of carbonyl (C=O) groups is 1. The van der Waals surface area contributed by atoms with Crippen LogP contribution in [0, 0.1) is 23.0 Å². The monoisotopic (exact) mass is 316 g/mol. The summed E-state index contributed by atoms with van der Waals surface area (Å²) in [7, 11) is 0. The summed E-state index contributed by atoms with van der Waals surface area (Å²) in [6, 6.07) is 4.97. The molecule has 1 aromatic carbocycles. The number of hydrogen-bond acceptors (Lipinski definition) is 3. The fourth-order valence-corrected chi connectivity index (χ4v) is 2.88. The van der Waals surface area contributed by atoms with Crippen LogP contribution >= 0.6 is 0 Å². The number of nitrogens with one attached hydrogen (secondary N) is 2. The Hall–Kier alpha value is -2.75. The SMILES string of the molecule is N#Cc1cc(F)c(C(=O)Nc2cc(C3CCCC3)[nH]n2)c(F)c1. The number of H-pyrrole nitrogens is 1. The molecule has 0 unspecified atom stereocenters. The van der Waals surface area contributed by atoms with Crippen LogP contribution in [0.4, 0.5) is 14.6 Å². The molecule has 1 heterocycles. The van der Waals surface area contributed by atoms with Gasteiger partial charge in [-0.3, -0.25) is 9.89 Å². The van der Waals surface area contributed by atoms with E-state index in [0.29, 0.717) is 5.92 Å². The van der Waals surface area contributed by atoms with Crippen molar-refractivity contribution in [2.75, 3.05) is 5.32 Å². The zero-order valence-corrected chi connectivity index (χ0v) is 12.2. The summed E-state index contributed by atoms with van der Waals surface area (Å²) in [6.07, 6.45) is 4.45. The van der Waals surface area contributed by atoms with Gasteiger partial charge < -0.3 is 5.32 Å². The zero-order chi connectivity index (χ0) is 16.4. The molecule has 2 aromatic rings. The van der Waals surface area contributed by atoms with E-state index in [1.165, 1.54) is 0 Å². The molecule has 3 rings (SSSR count). The Morgan fingerprint density at radius 1 is 1.26 bits per heavy atom. The lowest BCUT2D eigenvalue weighted by Crippen LogP contribution is -2.16. The third kappa shape index (κ3) is 3.06. The highest BCUT2D eigenvalue weighted by molar-refractivity contribution is 6.04. The Bertz CT molecular complexity index is 765. The van der Waals surface area contributed by atoms with Crippen molar-refractivity contribution in [1.82, 2.24) is 10.2 Å². The molecule has 1 aliphatic rings. The smallest absolute Gasteiger partial charge is 0.262 e. The van der Waals surface area contributed by atoms with Gasteiger partial charge >= 0.3 is 0 Å². The second kappa shape index (κ2) is 6.16. The molecule has 1 saturated carbocycles. The van der Waals surface area contributed by atoms with Crippen molar-refractivity contribution in [3.05, 3.63) is 46.7 Å². The Balaban J connectivity index is 1.78. The number of hydrogen-bond donors (Lipinski definition) is 2. The van der Waals surface area contributed by atoms with Crippen molar-refractivity contribution in [2.24, 2.45) is 0 Å². The number of nitriles is 1. The first-order valence-electron chi connectivity index (χ1n) is 7.34. The van der Waals surface area contributed by atoms with Crippen molar-refractivity contribution in [3.8, 4) is 6.07 Å². The fourth-order valence-electron chi connectivity index (χ4n) is 2.88. The Morgan fingerprint density at radius 2 is 1.91 bits per heavy atom. The van der Waals surface area contributed by atoms with Gasteiger partial charge in [-0.15, -0.1) is 0 Å². The fraction of sp³-hybridized carbons (Fsp3) is 0.312. The van der Waals surface area contributed by atoms with Crippen molar-refractivity contribution in [2.45, 2.75) is 31.6 Å². The van der Waals surface area contributed by atoms with E-state index in [-0.39, 0.29) is 11.4 Å². The van der Waals surface area contributed by atoms with E-state index < -0.39 is 23.1 Å². The maximum Gasteiger partial charge on any atom is 0.262 e. The van der Waals surface area contributed by atoms with E-state index in [4.69, 9.17) is 5.26 Å². The van der Waals surface area contributed by atoms with Crippen LogP contribution in [0.1, 0.15) is 53.2 Å². The van der Waals surface area contributed by atoms with Gasteiger partial charge in [0.1, 0.15) is 17.2 Å². The lowest BCUT2D eigenvalue weighted by molar-refractivity contribution is 0.101. The van der Waals surface area contributed by atoms with Gasteiger partial charge in [-0.1, -0.05) is 12.8 Å². The number of carbonyl (C=O) groups excluding carboxylic acids is 1. The maximum atomic E-state index is 13.8. The molecule has 1 amide bonds. The molecule has 5 nitrogen and oxygen atoms in total. The highest BCUT2D eigenvalue weighted by atomic mass is 19.1. The average molecular weight is 316 g/mol. The summed E-state index contributed by atoms with van der Waals surface area (Å²) in [5.74, 6) is -2.48. The lowest BCUT2D eigenvalue weighted by atomic mass is 10.0. The van der Waals surface area contributed by atoms with Crippen molar-refractivity contribution >= 4 is 11.7 Å². The van der Waals surface area contributed by atoms with Gasteiger partial charge in [0.15, 0.2) is 5.82 Å². The summed E-state index contributed by atoms with van der Waals surface area (Å²) in [6.45, 7) is 0. The first-order valence-corrected chi connectivity index (χ1v) is 7.34. The molecule has 1 aliphatic carbocycles. The first kappa shape index (κ1) is 15.2. The number of aromatic nitrogens is 2. The summed E-state index contributed by atoms with van der Waals surface area (Å²) in [4.78, 5) is 12.1. The quantitative estimate of drug-likeness (QED) is 0.909. The number of nitrogens with zero attached hydrogens (tertiary/aromatic N) is 2. The number of benzene rings is 1. The summed E-state index contributed by atoms with van der Waals surface area (Å²) in [5, 5.41) is 17.9. The molecular formula is C16H14F2N4O. The number of aromatic amines is 1. The molecule has 118 valence electrons. The summed E-state index contributed by atoms with van der Waals surface area (Å²) < 4.78 is 27.6. The van der Waals surface area contributed by atoms with Crippen LogP contribution < -0.4 is 5.32 Å². The molecule has 0 saturated heterocycles. The van der Waals surface area contributed by atoms with Crippen LogP contribution in [0.5, 0.6) is 0 Å². The van der Waals surface area contributed by atoms with Gasteiger partial charge in [0, 0.05) is 17.7 Å². The summed E-state index contributed by atoms with van der Waals surface area (Å²) >= 11 is 0. The molecule has 23 heavy (non-hydrogen) atoms. The van der Waals surface area contributed by atoms with Crippen LogP contribution in [-0.2, 0) is 0 Å². The summed E-state index contributed by atoms with van der Waals surface area (Å²) in [5.41, 5.74) is 0.00725. The molecule has 1 aromatic heterocycles. The number of rotatable bonds is 3. The van der Waals surface area contributed by atoms with E-state index in [9.17, 15) is 13.6 Å². The van der Waals surface area contributed by atoms with Crippen molar-refractivity contribution in [1.29, 1.82) is 5.26 Å². The minimum absolute atomic E-state index is 0.181. The second-order valence-corrected chi connectivity index (χ2v) is 5.57. The van der Waals surface area contributed by atoms with Crippen LogP contribution in [0.25, 0.3) is 0 Å². The molecule has 0 atom stereocenters. The van der Waals surface area contributed by atoms with Crippen LogP contribution in [0.2, 0.25) is 0 Å². The predicted octanol–water partition coefficient (Wildman–Crippen LogP) is 3.47. The Labute approximate surface area is 131 Å². The van der Waals surface area contributed by atoms with E-state index in [0.717, 1.165) is 43.5 Å². The number of halogens is 2. The topological polar surface area (TPSA) is 81.6 Å². The first-order chi connectivity index (χ1) is 11.1. The molecule has 2 N–H and O–H groups in total. The average Bonchev–Trinajstić information content (AvgIpc) is 3.17. The largest absolute Gasteiger partial charge is 0.305 e. The molecule has 1 fully saturated rings. The predicted molar refractivity (Wildman–Crippen MR) is 78.8 cm³/mol. The Kier molecular flexibility index (Phi) is 4.06. The second-order valence-electron chi connectivity index (χ2n) is 5.57. The van der Waals surface area contributed by atoms with Crippen molar-refractivity contribution in [3.63, 3.8) is 0 Å². The number of anilines is 1. The molecular weight excluding hydrogens is 302 g/mol. The van der Waals surface area contributed by atoms with Crippen LogP contribution in [0.3, 0.4) is 0 Å². The minimum atomic E-state index is -1.08. The number of amides is 1. The zero-order valence-electron chi connectivity index (χ0n) is 12.2. The van der Waals surface area contributed by atoms with Gasteiger partial charge in [0.2, 0.25) is 0 Å². The Morgan fingerprint density at radius 3 is 2.52 bits per heavy atom. The molecule has 0 spiro atoms. The highest BCUT2D eigenvalue weighted by Gasteiger charge is 2.22. The third-order valence-electron chi connectivity index (χ3n) is 4.03. The third-order valence-corrected chi connectivity index (χ3v) is 4.03. The van der Waals surface area contributed by atoms with Crippen LogP contribution in [-0.4, -0.2) is 16.1 Å². The van der Waals surface area contributed by atoms with Crippen LogP contribution in [0.15, 0.2) is 18.2 Å². The standard InChI is InChI=1S/C16H14F2N4O/c17-11-5-9(8-19)6-12(18)15(11)16(23)20-14-7-13(21-22-14)10-3-1-2-4-10/h5-7,10H,1-4H2,(H2,20,21,22,23). The van der Waals surface area contributed by atoms with Gasteiger partial charge in [-0.05, 0) is 25.0 Å². The molecule has 0 radical (unpaired) electrons. The normalized spacial score (nSPS) is 14.7. The van der Waals surface area contributed by atoms with Gasteiger partial charge in [0.25, 0.3) is 5.91 Å². The molecule has 7 heteroatoms. The van der Waals surface area contributed by atoms with Crippen molar-refractivity contribution < 1.29 is 13.6 Å². The van der Waals surface area contributed by atoms with Gasteiger partial charge in [-0.2, -0.15) is 10.4 Å². The highest BCUT2D eigenvalue weighted by Crippen LogP contribution is 2.33. The maximum absolute atomic E-state index is 13.8. The van der Waals surface area contributed by atoms with E-state index in [1.54, 1.807) is 12.1 Å². The molecule has 0 aliphatic heterocycles. The minimum Gasteiger partial charge on any atom is -0.305 e. The van der Waals surface area contributed by atoms with E-state index in [1.807, 2.05) is 0 Å².